The molecule has 0 radical (unpaired) electrons. The molecule has 0 N–H and O–H groups in total. The molecule has 4 aromatic rings. The van der Waals surface area contributed by atoms with Crippen LogP contribution < -0.4 is 0 Å². The molecule has 0 unspecified atom stereocenters. The minimum Gasteiger partial charge on any atom is -0.285 e. The van der Waals surface area contributed by atoms with Gasteiger partial charge in [-0.3, -0.25) is 4.90 Å². The van der Waals surface area contributed by atoms with Crippen molar-refractivity contribution in [1.82, 2.24) is 34.0 Å². The van der Waals surface area contributed by atoms with Gasteiger partial charge in [0.15, 0.2) is 0 Å². The summed E-state index contributed by atoms with van der Waals surface area (Å²) in [5.41, 5.74) is 2.55. The summed E-state index contributed by atoms with van der Waals surface area (Å²) in [7, 11) is -2.58. The van der Waals surface area contributed by atoms with E-state index in [0.717, 1.165) is 15.3 Å². The lowest BCUT2D eigenvalue weighted by atomic mass is 9.96. The van der Waals surface area contributed by atoms with E-state index in [2.05, 4.69) is 15.3 Å². The summed E-state index contributed by atoms with van der Waals surface area (Å²) >= 11 is 0. The van der Waals surface area contributed by atoms with Gasteiger partial charge in [-0.2, -0.15) is 32.5 Å². The standard InChI is InChI=1S/C23H23F4N7O2S/c1-15-9-20-16(11-29-34(20)18-5-3-17(24)4-6-18)10-19(15)21-13-33(8-7-32(21)14-23(25,26)27)37(35,36)22-12-28-31(2)30-22/h3-6,9-12,21H,7-8,13-14H2,1-2H3/t21-/m1/s1. The van der Waals surface area contributed by atoms with Crippen molar-refractivity contribution < 1.29 is 26.0 Å². The molecule has 0 aliphatic carbocycles. The number of nitrogens with zero attached hydrogens (tertiary/aromatic N) is 7. The van der Waals surface area contributed by atoms with Crippen molar-refractivity contribution in [3.05, 3.63) is 65.7 Å². The molecule has 1 saturated heterocycles. The number of rotatable bonds is 5. The van der Waals surface area contributed by atoms with Crippen LogP contribution >= 0.6 is 0 Å². The molecule has 0 spiro atoms. The Kier molecular flexibility index (Phi) is 6.28. The van der Waals surface area contributed by atoms with Gasteiger partial charge in [0.1, 0.15) is 5.82 Å². The lowest BCUT2D eigenvalue weighted by molar-refractivity contribution is -0.154. The smallest absolute Gasteiger partial charge is 0.285 e. The topological polar surface area (TPSA) is 89.2 Å². The van der Waals surface area contributed by atoms with E-state index < -0.39 is 28.8 Å². The maximum Gasteiger partial charge on any atom is 0.401 e. The molecule has 0 saturated carbocycles. The fourth-order valence-electron chi connectivity index (χ4n) is 4.65. The van der Waals surface area contributed by atoms with E-state index in [1.807, 2.05) is 0 Å². The van der Waals surface area contributed by atoms with Crippen LogP contribution in [0.1, 0.15) is 17.2 Å². The van der Waals surface area contributed by atoms with Crippen molar-refractivity contribution in [2.45, 2.75) is 24.2 Å². The van der Waals surface area contributed by atoms with Crippen LogP contribution in [0.25, 0.3) is 16.6 Å². The second kappa shape index (κ2) is 9.19. The predicted octanol–water partition coefficient (Wildman–Crippen LogP) is 3.21. The lowest BCUT2D eigenvalue weighted by Crippen LogP contribution is -2.52. The zero-order valence-electron chi connectivity index (χ0n) is 19.9. The minimum atomic E-state index is -4.46. The van der Waals surface area contributed by atoms with E-state index in [4.69, 9.17) is 0 Å². The fourth-order valence-corrected chi connectivity index (χ4v) is 5.97. The molecule has 1 aliphatic rings. The highest BCUT2D eigenvalue weighted by atomic mass is 32.2. The quantitative estimate of drug-likeness (QED) is 0.364. The van der Waals surface area contributed by atoms with Crippen LogP contribution in [0.5, 0.6) is 0 Å². The highest BCUT2D eigenvalue weighted by Crippen LogP contribution is 2.35. The van der Waals surface area contributed by atoms with Gasteiger partial charge in [0.25, 0.3) is 10.0 Å². The molecule has 3 heterocycles. The third-order valence-corrected chi connectivity index (χ3v) is 8.13. The van der Waals surface area contributed by atoms with Crippen molar-refractivity contribution >= 4 is 20.9 Å². The predicted molar refractivity (Wildman–Crippen MR) is 126 cm³/mol. The minimum absolute atomic E-state index is 0.115. The van der Waals surface area contributed by atoms with E-state index in [1.54, 1.807) is 42.1 Å². The maximum absolute atomic E-state index is 13.5. The van der Waals surface area contributed by atoms with E-state index in [9.17, 15) is 26.0 Å². The Balaban J connectivity index is 1.54. The number of halogens is 4. The highest BCUT2D eigenvalue weighted by Gasteiger charge is 2.41. The number of piperazine rings is 1. The Hall–Kier alpha value is -3.36. The molecule has 37 heavy (non-hydrogen) atoms. The molecule has 1 fully saturated rings. The number of alkyl halides is 3. The van der Waals surface area contributed by atoms with Crippen molar-refractivity contribution in [3.63, 3.8) is 0 Å². The van der Waals surface area contributed by atoms with Crippen molar-refractivity contribution in [2.75, 3.05) is 26.2 Å². The first kappa shape index (κ1) is 25.3. The molecule has 14 heteroatoms. The van der Waals surface area contributed by atoms with Gasteiger partial charge in [0.05, 0.1) is 30.1 Å². The average molecular weight is 538 g/mol. The first-order valence-electron chi connectivity index (χ1n) is 11.3. The number of aromatic nitrogens is 5. The second-order valence-corrected chi connectivity index (χ2v) is 10.8. The SMILES string of the molecule is Cc1cc2c(cnn2-c2ccc(F)cc2)cc1[C@H]1CN(S(=O)(=O)c2cnn(C)n2)CCN1CC(F)(F)F. The van der Waals surface area contributed by atoms with Crippen LogP contribution in [-0.2, 0) is 17.1 Å². The largest absolute Gasteiger partial charge is 0.401 e. The van der Waals surface area contributed by atoms with Gasteiger partial charge in [-0.1, -0.05) is 0 Å². The van der Waals surface area contributed by atoms with E-state index in [0.29, 0.717) is 27.7 Å². The zero-order chi connectivity index (χ0) is 26.5. The molecule has 1 atom stereocenters. The zero-order valence-corrected chi connectivity index (χ0v) is 20.7. The van der Waals surface area contributed by atoms with Gasteiger partial charge in [0.2, 0.25) is 5.03 Å². The van der Waals surface area contributed by atoms with Gasteiger partial charge >= 0.3 is 6.18 Å². The molecular weight excluding hydrogens is 514 g/mol. The third-order valence-electron chi connectivity index (χ3n) is 6.41. The van der Waals surface area contributed by atoms with Gasteiger partial charge < -0.3 is 0 Å². The third kappa shape index (κ3) is 4.95. The van der Waals surface area contributed by atoms with Crippen LogP contribution in [0, 0.1) is 12.7 Å². The summed E-state index contributed by atoms with van der Waals surface area (Å²) in [5, 5.41) is 12.5. The molecule has 1 aliphatic heterocycles. The lowest BCUT2D eigenvalue weighted by Gasteiger charge is -2.41. The summed E-state index contributed by atoms with van der Waals surface area (Å²) in [6.07, 6.45) is -1.77. The summed E-state index contributed by atoms with van der Waals surface area (Å²) in [4.78, 5) is 2.36. The number of hydrogen-bond acceptors (Lipinski definition) is 6. The van der Waals surface area contributed by atoms with Crippen molar-refractivity contribution in [1.29, 1.82) is 0 Å². The van der Waals surface area contributed by atoms with Crippen LogP contribution in [0.15, 0.2) is 53.8 Å². The molecule has 2 aromatic heterocycles. The molecular formula is C23H23F4N7O2S. The molecule has 0 bridgehead atoms. The number of benzene rings is 2. The van der Waals surface area contributed by atoms with Gasteiger partial charge in [-0.15, -0.1) is 5.10 Å². The summed E-state index contributed by atoms with van der Waals surface area (Å²) in [5.74, 6) is -0.387. The molecule has 0 amide bonds. The fraction of sp³-hybridized carbons (Fsp3) is 0.348. The normalized spacial score (nSPS) is 18.1. The molecule has 9 nitrogen and oxygen atoms in total. The summed E-state index contributed by atoms with van der Waals surface area (Å²) in [6.45, 7) is 0.167. The van der Waals surface area contributed by atoms with Crippen LogP contribution in [-0.4, -0.2) is 74.8 Å². The van der Waals surface area contributed by atoms with Gasteiger partial charge in [-0.25, -0.2) is 17.5 Å². The monoisotopic (exact) mass is 537 g/mol. The van der Waals surface area contributed by atoms with Crippen LogP contribution in [0.4, 0.5) is 17.6 Å². The van der Waals surface area contributed by atoms with E-state index in [-0.39, 0.29) is 30.5 Å². The Morgan fingerprint density at radius 2 is 1.78 bits per heavy atom. The van der Waals surface area contributed by atoms with Crippen molar-refractivity contribution in [2.24, 2.45) is 7.05 Å². The molecule has 5 rings (SSSR count). The Morgan fingerprint density at radius 3 is 2.43 bits per heavy atom. The molecule has 196 valence electrons. The summed E-state index contributed by atoms with van der Waals surface area (Å²) < 4.78 is 82.9. The van der Waals surface area contributed by atoms with E-state index in [1.165, 1.54) is 24.1 Å². The maximum atomic E-state index is 13.5. The molecule has 2 aromatic carbocycles. The number of aryl methyl sites for hydroxylation is 2. The van der Waals surface area contributed by atoms with Gasteiger partial charge in [-0.05, 0) is 54.4 Å². The van der Waals surface area contributed by atoms with Crippen LogP contribution in [0.3, 0.4) is 0 Å². The average Bonchev–Trinajstić information content (AvgIpc) is 3.45. The van der Waals surface area contributed by atoms with Crippen LogP contribution in [0.2, 0.25) is 0 Å². The second-order valence-electron chi connectivity index (χ2n) is 8.94. The number of fused-ring (bicyclic) bond motifs is 1. The van der Waals surface area contributed by atoms with Gasteiger partial charge in [0, 0.05) is 38.1 Å². The first-order chi connectivity index (χ1) is 17.4. The van der Waals surface area contributed by atoms with Crippen molar-refractivity contribution in [3.8, 4) is 5.69 Å². The first-order valence-corrected chi connectivity index (χ1v) is 12.8. The Morgan fingerprint density at radius 1 is 1.05 bits per heavy atom. The Labute approximate surface area is 209 Å². The highest BCUT2D eigenvalue weighted by molar-refractivity contribution is 7.89. The Bertz CT molecular complexity index is 1550. The number of hydrogen-bond donors (Lipinski definition) is 0. The van der Waals surface area contributed by atoms with E-state index >= 15 is 0 Å². The summed E-state index contributed by atoms with van der Waals surface area (Å²) in [6, 6.07) is 8.45. The number of sulfonamides is 1.